The van der Waals surface area contributed by atoms with Gasteiger partial charge >= 0.3 is 5.97 Å². The van der Waals surface area contributed by atoms with E-state index >= 15 is 0 Å². The Balaban J connectivity index is 1.37. The fourth-order valence-electron chi connectivity index (χ4n) is 2.94. The number of aromatic amines is 1. The van der Waals surface area contributed by atoms with Gasteiger partial charge in [0.1, 0.15) is 13.2 Å². The first-order chi connectivity index (χ1) is 12.7. The van der Waals surface area contributed by atoms with Crippen LogP contribution in [0, 0.1) is 0 Å². The van der Waals surface area contributed by atoms with Crippen LogP contribution in [0.5, 0.6) is 11.5 Å². The highest BCUT2D eigenvalue weighted by Gasteiger charge is 2.16. The quantitative estimate of drug-likeness (QED) is 0.565. The summed E-state index contributed by atoms with van der Waals surface area (Å²) in [6.07, 6.45) is 1.71. The molecule has 6 nitrogen and oxygen atoms in total. The van der Waals surface area contributed by atoms with Crippen LogP contribution in [-0.2, 0) is 16.0 Å². The molecule has 0 amide bonds. The van der Waals surface area contributed by atoms with E-state index in [4.69, 9.17) is 14.2 Å². The van der Waals surface area contributed by atoms with Crippen molar-refractivity contribution in [1.82, 2.24) is 4.98 Å². The topological polar surface area (TPSA) is 77.6 Å². The number of fused-ring (bicyclic) bond motifs is 2. The number of para-hydroxylation sites is 1. The van der Waals surface area contributed by atoms with Crippen LogP contribution in [0.15, 0.2) is 48.7 Å². The Morgan fingerprint density at radius 2 is 1.85 bits per heavy atom. The number of hydrogen-bond donors (Lipinski definition) is 1. The maximum atomic E-state index is 12.3. The van der Waals surface area contributed by atoms with Gasteiger partial charge in [-0.3, -0.25) is 9.59 Å². The lowest BCUT2D eigenvalue weighted by Crippen LogP contribution is -2.17. The summed E-state index contributed by atoms with van der Waals surface area (Å²) >= 11 is 0. The molecule has 6 heteroatoms. The Morgan fingerprint density at radius 1 is 1.04 bits per heavy atom. The molecule has 0 radical (unpaired) electrons. The molecule has 0 bridgehead atoms. The average Bonchev–Trinajstić information content (AvgIpc) is 3.10. The largest absolute Gasteiger partial charge is 0.486 e. The van der Waals surface area contributed by atoms with Crippen molar-refractivity contribution in [3.63, 3.8) is 0 Å². The van der Waals surface area contributed by atoms with Gasteiger partial charge in [-0.05, 0) is 23.8 Å². The Morgan fingerprint density at radius 3 is 2.73 bits per heavy atom. The third kappa shape index (κ3) is 3.26. The van der Waals surface area contributed by atoms with Crippen LogP contribution in [0.25, 0.3) is 10.9 Å². The first-order valence-electron chi connectivity index (χ1n) is 8.34. The van der Waals surface area contributed by atoms with E-state index in [1.807, 2.05) is 24.3 Å². The summed E-state index contributed by atoms with van der Waals surface area (Å²) in [5.74, 6) is 0.590. The summed E-state index contributed by atoms with van der Waals surface area (Å²) < 4.78 is 16.1. The minimum absolute atomic E-state index is 0.0673. The van der Waals surface area contributed by atoms with Gasteiger partial charge in [0.05, 0.1) is 6.42 Å². The first kappa shape index (κ1) is 16.2. The number of hydrogen-bond acceptors (Lipinski definition) is 5. The molecule has 3 aromatic rings. The van der Waals surface area contributed by atoms with Crippen LogP contribution in [0.4, 0.5) is 0 Å². The average molecular weight is 351 g/mol. The van der Waals surface area contributed by atoms with Crippen molar-refractivity contribution in [2.75, 3.05) is 19.8 Å². The third-order valence-corrected chi connectivity index (χ3v) is 4.21. The molecule has 4 rings (SSSR count). The third-order valence-electron chi connectivity index (χ3n) is 4.21. The number of esters is 1. The predicted molar refractivity (Wildman–Crippen MR) is 94.7 cm³/mol. The molecule has 0 spiro atoms. The van der Waals surface area contributed by atoms with Crippen molar-refractivity contribution in [3.05, 3.63) is 59.8 Å². The molecule has 132 valence electrons. The maximum Gasteiger partial charge on any atom is 0.310 e. The number of nitrogens with one attached hydrogen (secondary N) is 1. The van der Waals surface area contributed by atoms with E-state index in [2.05, 4.69) is 4.98 Å². The zero-order chi connectivity index (χ0) is 17.9. The lowest BCUT2D eigenvalue weighted by atomic mass is 10.1. The van der Waals surface area contributed by atoms with Crippen LogP contribution < -0.4 is 9.47 Å². The second-order valence-corrected chi connectivity index (χ2v) is 5.99. The minimum Gasteiger partial charge on any atom is -0.486 e. The molecule has 0 saturated heterocycles. The van der Waals surface area contributed by atoms with Gasteiger partial charge in [0.2, 0.25) is 5.78 Å². The van der Waals surface area contributed by atoms with Crippen molar-refractivity contribution in [1.29, 1.82) is 0 Å². The van der Waals surface area contributed by atoms with Crippen molar-refractivity contribution in [2.45, 2.75) is 6.42 Å². The van der Waals surface area contributed by atoms with E-state index in [-0.39, 0.29) is 18.8 Å². The molecule has 0 fully saturated rings. The van der Waals surface area contributed by atoms with E-state index in [1.54, 1.807) is 24.4 Å². The predicted octanol–water partition coefficient (Wildman–Crippen LogP) is 2.91. The van der Waals surface area contributed by atoms with Gasteiger partial charge in [-0.15, -0.1) is 0 Å². The van der Waals surface area contributed by atoms with Gasteiger partial charge in [-0.25, -0.2) is 0 Å². The SMILES string of the molecule is O=C(Cc1ccc2c(c1)OCCO2)OCC(=O)c1c[nH]c2ccccc12. The van der Waals surface area contributed by atoms with Crippen molar-refractivity contribution in [2.24, 2.45) is 0 Å². The van der Waals surface area contributed by atoms with E-state index in [9.17, 15) is 9.59 Å². The summed E-state index contributed by atoms with van der Waals surface area (Å²) in [7, 11) is 0. The highest BCUT2D eigenvalue weighted by molar-refractivity contribution is 6.08. The smallest absolute Gasteiger partial charge is 0.310 e. The number of H-pyrrole nitrogens is 1. The van der Waals surface area contributed by atoms with Gasteiger partial charge < -0.3 is 19.2 Å². The highest BCUT2D eigenvalue weighted by atomic mass is 16.6. The fourth-order valence-corrected chi connectivity index (χ4v) is 2.94. The van der Waals surface area contributed by atoms with Gasteiger partial charge in [-0.1, -0.05) is 24.3 Å². The molecule has 26 heavy (non-hydrogen) atoms. The maximum absolute atomic E-state index is 12.3. The zero-order valence-electron chi connectivity index (χ0n) is 14.0. The summed E-state index contributed by atoms with van der Waals surface area (Å²) in [6.45, 7) is 0.718. The number of carbonyl (C=O) groups is 2. The van der Waals surface area contributed by atoms with E-state index in [0.717, 1.165) is 16.5 Å². The molecule has 2 heterocycles. The summed E-state index contributed by atoms with van der Waals surface area (Å²) in [6, 6.07) is 12.8. The normalized spacial score (nSPS) is 12.8. The summed E-state index contributed by atoms with van der Waals surface area (Å²) in [5, 5.41) is 0.820. The summed E-state index contributed by atoms with van der Waals surface area (Å²) in [5.41, 5.74) is 2.14. The number of carbonyl (C=O) groups excluding carboxylic acids is 2. The standard InChI is InChI=1S/C20H17NO5/c22-17(15-11-21-16-4-2-1-3-14(15)16)12-26-20(23)10-13-5-6-18-19(9-13)25-8-7-24-18/h1-6,9,11,21H,7-8,10,12H2. The molecule has 2 aromatic carbocycles. The molecule has 1 aliphatic rings. The zero-order valence-corrected chi connectivity index (χ0v) is 14.0. The van der Waals surface area contributed by atoms with Crippen molar-refractivity contribution >= 4 is 22.7 Å². The van der Waals surface area contributed by atoms with E-state index in [1.165, 1.54) is 0 Å². The lowest BCUT2D eigenvalue weighted by Gasteiger charge is -2.18. The van der Waals surface area contributed by atoms with Crippen LogP contribution in [0.1, 0.15) is 15.9 Å². The number of benzene rings is 2. The molecule has 1 N–H and O–H groups in total. The minimum atomic E-state index is -0.463. The van der Waals surface area contributed by atoms with Crippen LogP contribution >= 0.6 is 0 Å². The second-order valence-electron chi connectivity index (χ2n) is 5.99. The first-order valence-corrected chi connectivity index (χ1v) is 8.34. The Kier molecular flexibility index (Phi) is 4.31. The van der Waals surface area contributed by atoms with Crippen molar-refractivity contribution < 1.29 is 23.8 Å². The number of ether oxygens (including phenoxy) is 3. The molecule has 0 aliphatic carbocycles. The van der Waals surface area contributed by atoms with Crippen molar-refractivity contribution in [3.8, 4) is 11.5 Å². The number of Topliss-reactive ketones (excluding diaryl/α,β-unsaturated/α-hetero) is 1. The molecule has 0 unspecified atom stereocenters. The van der Waals surface area contributed by atoms with Crippen LogP contribution in [0.2, 0.25) is 0 Å². The second kappa shape index (κ2) is 6.92. The molecule has 1 aromatic heterocycles. The monoisotopic (exact) mass is 351 g/mol. The molecule has 1 aliphatic heterocycles. The molecule has 0 atom stereocenters. The molecular formula is C20H17NO5. The van der Waals surface area contributed by atoms with Crippen LogP contribution in [0.3, 0.4) is 0 Å². The Bertz CT molecular complexity index is 975. The van der Waals surface area contributed by atoms with E-state index in [0.29, 0.717) is 30.3 Å². The van der Waals surface area contributed by atoms with E-state index < -0.39 is 5.97 Å². The van der Waals surface area contributed by atoms with Gasteiger partial charge in [0, 0.05) is 22.7 Å². The van der Waals surface area contributed by atoms with Gasteiger partial charge in [0.15, 0.2) is 18.1 Å². The Hall–Kier alpha value is -3.28. The van der Waals surface area contributed by atoms with Crippen LogP contribution in [-0.4, -0.2) is 36.6 Å². The molecular weight excluding hydrogens is 334 g/mol. The molecule has 0 saturated carbocycles. The number of aromatic nitrogens is 1. The lowest BCUT2D eigenvalue weighted by molar-refractivity contribution is -0.141. The Labute approximate surface area is 149 Å². The number of rotatable bonds is 5. The van der Waals surface area contributed by atoms with Gasteiger partial charge in [0.25, 0.3) is 0 Å². The van der Waals surface area contributed by atoms with Gasteiger partial charge in [-0.2, -0.15) is 0 Å². The number of ketones is 1. The highest BCUT2D eigenvalue weighted by Crippen LogP contribution is 2.30. The fraction of sp³-hybridized carbons (Fsp3) is 0.200. The summed E-state index contributed by atoms with van der Waals surface area (Å²) in [4.78, 5) is 27.4.